The molecule has 84 valence electrons. The minimum atomic E-state index is -0.485. The van der Waals surface area contributed by atoms with Crippen molar-refractivity contribution in [3.8, 4) is 6.07 Å². The maximum absolute atomic E-state index is 10.7. The Labute approximate surface area is 96.4 Å². The fourth-order valence-electron chi connectivity index (χ4n) is 1.69. The molecule has 17 heavy (non-hydrogen) atoms. The summed E-state index contributed by atoms with van der Waals surface area (Å²) in [6.45, 7) is 1.70. The van der Waals surface area contributed by atoms with E-state index in [1.54, 1.807) is 6.92 Å². The fraction of sp³-hybridized carbons (Fsp3) is 0.0909. The Bertz CT molecular complexity index is 673. The smallest absolute Gasteiger partial charge is 0.270 e. The minimum absolute atomic E-state index is 0.0314. The summed E-state index contributed by atoms with van der Waals surface area (Å²) in [4.78, 5) is 14.2. The van der Waals surface area contributed by atoms with Crippen molar-refractivity contribution < 1.29 is 4.92 Å². The van der Waals surface area contributed by atoms with Gasteiger partial charge in [-0.1, -0.05) is 0 Å². The van der Waals surface area contributed by atoms with Crippen molar-refractivity contribution in [2.45, 2.75) is 6.92 Å². The molecule has 0 aliphatic rings. The van der Waals surface area contributed by atoms with Crippen molar-refractivity contribution in [1.82, 2.24) is 4.98 Å². The van der Waals surface area contributed by atoms with E-state index < -0.39 is 4.92 Å². The molecule has 2 rings (SSSR count). The Hall–Kier alpha value is -2.68. The number of nitro groups is 1. The number of anilines is 1. The summed E-state index contributed by atoms with van der Waals surface area (Å²) in [5, 5.41) is 20.2. The number of hydrogen-bond acceptors (Lipinski definition) is 5. The quantitative estimate of drug-likeness (QED) is 0.592. The average molecular weight is 228 g/mol. The van der Waals surface area contributed by atoms with Gasteiger partial charge in [0.2, 0.25) is 0 Å². The van der Waals surface area contributed by atoms with Crippen molar-refractivity contribution in [2.24, 2.45) is 0 Å². The maximum atomic E-state index is 10.7. The number of nitrogen functional groups attached to an aromatic ring is 1. The van der Waals surface area contributed by atoms with Crippen molar-refractivity contribution in [3.63, 3.8) is 0 Å². The van der Waals surface area contributed by atoms with E-state index in [1.807, 2.05) is 6.07 Å². The first kappa shape index (κ1) is 10.8. The Morgan fingerprint density at radius 1 is 1.53 bits per heavy atom. The number of aryl methyl sites for hydroxylation is 1. The lowest BCUT2D eigenvalue weighted by atomic mass is 10.0. The van der Waals surface area contributed by atoms with Crippen LogP contribution in [0.15, 0.2) is 18.2 Å². The summed E-state index contributed by atoms with van der Waals surface area (Å²) in [5.74, 6) is 0.145. The number of aromatic nitrogens is 1. The largest absolute Gasteiger partial charge is 0.383 e. The molecule has 0 saturated carbocycles. The molecule has 6 nitrogen and oxygen atoms in total. The van der Waals surface area contributed by atoms with Crippen LogP contribution in [-0.4, -0.2) is 9.91 Å². The highest BCUT2D eigenvalue weighted by Gasteiger charge is 2.13. The van der Waals surface area contributed by atoms with Crippen LogP contribution < -0.4 is 5.73 Å². The Balaban J connectivity index is 2.86. The van der Waals surface area contributed by atoms with Gasteiger partial charge >= 0.3 is 0 Å². The second kappa shape index (κ2) is 3.72. The number of pyridine rings is 1. The second-order valence-corrected chi connectivity index (χ2v) is 3.57. The second-order valence-electron chi connectivity index (χ2n) is 3.57. The summed E-state index contributed by atoms with van der Waals surface area (Å²) in [6, 6.07) is 6.23. The van der Waals surface area contributed by atoms with Crippen molar-refractivity contribution in [3.05, 3.63) is 39.4 Å². The molecule has 1 aromatic carbocycles. The first-order valence-electron chi connectivity index (χ1n) is 4.79. The van der Waals surface area contributed by atoms with Crippen molar-refractivity contribution in [1.29, 1.82) is 5.26 Å². The standard InChI is InChI=1S/C11H8N4O2/c1-6-8-4-7(15(16)17)2-3-10(8)14-11(13)9(6)5-12/h2-4H,1H3,(H2,13,14). The molecule has 0 fully saturated rings. The summed E-state index contributed by atoms with van der Waals surface area (Å²) < 4.78 is 0. The van der Waals surface area contributed by atoms with E-state index in [0.29, 0.717) is 16.5 Å². The van der Waals surface area contributed by atoms with E-state index in [0.717, 1.165) is 0 Å². The van der Waals surface area contributed by atoms with E-state index in [9.17, 15) is 10.1 Å². The zero-order chi connectivity index (χ0) is 12.6. The molecule has 0 saturated heterocycles. The van der Waals surface area contributed by atoms with Crippen molar-refractivity contribution >= 4 is 22.4 Å². The van der Waals surface area contributed by atoms with Crippen LogP contribution in [-0.2, 0) is 0 Å². The third-order valence-corrected chi connectivity index (χ3v) is 2.58. The van der Waals surface area contributed by atoms with Crippen LogP contribution in [0.3, 0.4) is 0 Å². The van der Waals surface area contributed by atoms with Crippen LogP contribution >= 0.6 is 0 Å². The molecule has 1 heterocycles. The van der Waals surface area contributed by atoms with Gasteiger partial charge in [0.15, 0.2) is 0 Å². The number of fused-ring (bicyclic) bond motifs is 1. The summed E-state index contributed by atoms with van der Waals surface area (Å²) in [6.07, 6.45) is 0. The Morgan fingerprint density at radius 3 is 2.82 bits per heavy atom. The van der Waals surface area contributed by atoms with Crippen LogP contribution in [0.4, 0.5) is 11.5 Å². The highest BCUT2D eigenvalue weighted by Crippen LogP contribution is 2.26. The summed E-state index contributed by atoms with van der Waals surface area (Å²) in [5.41, 5.74) is 7.01. The summed E-state index contributed by atoms with van der Waals surface area (Å²) in [7, 11) is 0. The fourth-order valence-corrected chi connectivity index (χ4v) is 1.69. The number of non-ortho nitro benzene ring substituents is 1. The molecule has 0 unspecified atom stereocenters. The van der Waals surface area contributed by atoms with Gasteiger partial charge in [0.05, 0.1) is 16.0 Å². The van der Waals surface area contributed by atoms with Gasteiger partial charge in [-0.25, -0.2) is 4.98 Å². The molecule has 0 radical (unpaired) electrons. The lowest BCUT2D eigenvalue weighted by Gasteiger charge is -2.06. The number of hydrogen-bond donors (Lipinski definition) is 1. The van der Waals surface area contributed by atoms with E-state index >= 15 is 0 Å². The number of nitrogens with zero attached hydrogens (tertiary/aromatic N) is 3. The van der Waals surface area contributed by atoms with Crippen LogP contribution in [0.2, 0.25) is 0 Å². The molecular weight excluding hydrogens is 220 g/mol. The van der Waals surface area contributed by atoms with Gasteiger partial charge in [0, 0.05) is 17.5 Å². The normalized spacial score (nSPS) is 10.1. The van der Waals surface area contributed by atoms with Gasteiger partial charge in [-0.05, 0) is 18.6 Å². The molecule has 2 N–H and O–H groups in total. The SMILES string of the molecule is Cc1c(C#N)c(N)nc2ccc([N+](=O)[O-])cc12. The molecule has 0 spiro atoms. The van der Waals surface area contributed by atoms with Crippen molar-refractivity contribution in [2.75, 3.05) is 5.73 Å². The minimum Gasteiger partial charge on any atom is -0.383 e. The van der Waals surface area contributed by atoms with Gasteiger partial charge in [-0.2, -0.15) is 5.26 Å². The number of nitrogens with two attached hydrogens (primary N) is 1. The molecule has 0 bridgehead atoms. The molecule has 0 amide bonds. The molecule has 2 aromatic rings. The summed E-state index contributed by atoms with van der Waals surface area (Å²) >= 11 is 0. The molecule has 0 aliphatic carbocycles. The molecular formula is C11H8N4O2. The number of rotatable bonds is 1. The molecule has 1 aromatic heterocycles. The van der Waals surface area contributed by atoms with Gasteiger partial charge in [-0.3, -0.25) is 10.1 Å². The lowest BCUT2D eigenvalue weighted by molar-refractivity contribution is -0.384. The Kier molecular flexibility index (Phi) is 2.37. The number of nitro benzene ring substituents is 1. The first-order valence-corrected chi connectivity index (χ1v) is 4.79. The van der Waals surface area contributed by atoms with Gasteiger partial charge in [-0.15, -0.1) is 0 Å². The van der Waals surface area contributed by atoms with Crippen LogP contribution in [0.5, 0.6) is 0 Å². The van der Waals surface area contributed by atoms with E-state index in [2.05, 4.69) is 4.98 Å². The average Bonchev–Trinajstić information content (AvgIpc) is 2.29. The number of nitriles is 1. The van der Waals surface area contributed by atoms with E-state index in [-0.39, 0.29) is 17.1 Å². The van der Waals surface area contributed by atoms with Gasteiger partial charge in [0.25, 0.3) is 5.69 Å². The zero-order valence-electron chi connectivity index (χ0n) is 8.97. The van der Waals surface area contributed by atoms with E-state index in [4.69, 9.17) is 11.0 Å². The topological polar surface area (TPSA) is 106 Å². The predicted molar refractivity (Wildman–Crippen MR) is 62.3 cm³/mol. The zero-order valence-corrected chi connectivity index (χ0v) is 8.97. The molecule has 0 aliphatic heterocycles. The number of benzene rings is 1. The molecule has 0 atom stereocenters. The van der Waals surface area contributed by atoms with Gasteiger partial charge in [0.1, 0.15) is 11.9 Å². The molecule has 6 heteroatoms. The van der Waals surface area contributed by atoms with Crippen LogP contribution in [0, 0.1) is 28.4 Å². The van der Waals surface area contributed by atoms with Crippen LogP contribution in [0.1, 0.15) is 11.1 Å². The third kappa shape index (κ3) is 1.63. The lowest BCUT2D eigenvalue weighted by Crippen LogP contribution is -1.99. The highest BCUT2D eigenvalue weighted by molar-refractivity contribution is 5.88. The van der Waals surface area contributed by atoms with Crippen LogP contribution in [0.25, 0.3) is 10.9 Å². The Morgan fingerprint density at radius 2 is 2.24 bits per heavy atom. The highest BCUT2D eigenvalue weighted by atomic mass is 16.6. The maximum Gasteiger partial charge on any atom is 0.270 e. The van der Waals surface area contributed by atoms with E-state index in [1.165, 1.54) is 18.2 Å². The monoisotopic (exact) mass is 228 g/mol. The third-order valence-electron chi connectivity index (χ3n) is 2.58. The first-order chi connectivity index (χ1) is 8.04. The predicted octanol–water partition coefficient (Wildman–Crippen LogP) is 1.91. The van der Waals surface area contributed by atoms with Gasteiger partial charge < -0.3 is 5.73 Å².